The molecule has 0 unspecified atom stereocenters. The Morgan fingerprint density at radius 1 is 0.455 bits per heavy atom. The Hall–Kier alpha value is 1.04. The minimum atomic E-state index is -1.18. The first-order valence-electron chi connectivity index (χ1n) is 9.11. The van der Waals surface area contributed by atoms with E-state index in [-0.39, 0.29) is 0 Å². The summed E-state index contributed by atoms with van der Waals surface area (Å²) in [6, 6.07) is 3.17. The van der Waals surface area contributed by atoms with E-state index in [2.05, 4.69) is 90.7 Å². The fourth-order valence-electron chi connectivity index (χ4n) is 6.90. The van der Waals surface area contributed by atoms with Gasteiger partial charge in [-0.25, -0.2) is 0 Å². The topological polar surface area (TPSA) is 0 Å². The van der Waals surface area contributed by atoms with Gasteiger partial charge in [-0.15, -0.1) is 0 Å². The second-order valence-electron chi connectivity index (χ2n) is 11.7. The maximum atomic E-state index is 2.79. The molecule has 1 rings (SSSR count). The fourth-order valence-corrected chi connectivity index (χ4v) is 232. The first-order chi connectivity index (χ1) is 9.46. The summed E-state index contributed by atoms with van der Waals surface area (Å²) >= 11 is 0. The van der Waals surface area contributed by atoms with E-state index in [0.717, 1.165) is 0 Å². The molecule has 0 radical (unpaired) electrons. The molecular weight excluding hydrogens is 361 g/mol. The van der Waals surface area contributed by atoms with Crippen molar-refractivity contribution >= 4 is 43.6 Å². The van der Waals surface area contributed by atoms with Crippen molar-refractivity contribution in [2.75, 3.05) is 0 Å². The average molecular weight is 403 g/mol. The van der Waals surface area contributed by atoms with E-state index < -0.39 is 43.6 Å². The summed E-state index contributed by atoms with van der Waals surface area (Å²) in [6.45, 7) is 31.1. The van der Waals surface area contributed by atoms with E-state index in [1.807, 2.05) is 0 Å². The molecule has 0 amide bonds. The van der Waals surface area contributed by atoms with E-state index in [1.54, 1.807) is 12.1 Å². The predicted octanol–water partition coefficient (Wildman–Crippen LogP) is 6.20. The number of rotatable bonds is 4. The van der Waals surface area contributed by atoms with Gasteiger partial charge in [0.1, 0.15) is 0 Å². The smallest absolute Gasteiger partial charge is 0.0377 e. The molecule has 0 nitrogen and oxygen atoms in total. The molecule has 0 aromatic carbocycles. The van der Waals surface area contributed by atoms with Gasteiger partial charge in [0.25, 0.3) is 0 Å². The summed E-state index contributed by atoms with van der Waals surface area (Å²) in [6.07, 6.45) is 5.35. The van der Waals surface area contributed by atoms with Crippen LogP contribution in [0.15, 0.2) is 12.2 Å². The van der Waals surface area contributed by atoms with Crippen LogP contribution < -0.4 is 0 Å². The van der Waals surface area contributed by atoms with Crippen LogP contribution in [-0.4, -0.2) is 43.6 Å². The lowest BCUT2D eigenvalue weighted by molar-refractivity contribution is 1.48. The molecule has 0 atom stereocenters. The molecule has 1 aliphatic rings. The van der Waals surface area contributed by atoms with Crippen molar-refractivity contribution in [1.29, 1.82) is 0 Å². The molecule has 6 heteroatoms. The molecular formula is C16H42Si6. The minimum absolute atomic E-state index is 1.12. The van der Waals surface area contributed by atoms with E-state index in [1.165, 1.54) is 0 Å². The highest BCUT2D eigenvalue weighted by Crippen LogP contribution is 2.51. The molecule has 0 aromatic heterocycles. The monoisotopic (exact) mass is 402 g/mol. The Morgan fingerprint density at radius 2 is 0.636 bits per heavy atom. The highest BCUT2D eigenvalue weighted by Gasteiger charge is 2.73. The Balaban J connectivity index is 3.97. The molecule has 22 heavy (non-hydrogen) atoms. The zero-order chi connectivity index (χ0) is 17.8. The quantitative estimate of drug-likeness (QED) is 0.388. The lowest BCUT2D eigenvalue weighted by Gasteiger charge is -2.69. The second kappa shape index (κ2) is 5.79. The van der Waals surface area contributed by atoms with E-state index >= 15 is 0 Å². The van der Waals surface area contributed by atoms with Crippen LogP contribution in [-0.2, 0) is 0 Å². The lowest BCUT2D eigenvalue weighted by atomic mass is 10.6. The summed E-state index contributed by atoms with van der Waals surface area (Å²) in [5.41, 5.74) is 0. The van der Waals surface area contributed by atoms with Gasteiger partial charge in [0.05, 0.1) is 0 Å². The Labute approximate surface area is 146 Å². The third kappa shape index (κ3) is 2.79. The maximum Gasteiger partial charge on any atom is 0.0377 e. The summed E-state index contributed by atoms with van der Waals surface area (Å²) in [5.74, 6) is 0. The van der Waals surface area contributed by atoms with Gasteiger partial charge in [-0.3, -0.25) is 0 Å². The van der Waals surface area contributed by atoms with Gasteiger partial charge < -0.3 is 0 Å². The largest absolute Gasteiger partial charge is 0.0922 e. The predicted molar refractivity (Wildman–Crippen MR) is 124 cm³/mol. The van der Waals surface area contributed by atoms with Gasteiger partial charge in [-0.05, 0) is 12.1 Å². The zero-order valence-corrected chi connectivity index (χ0v) is 23.6. The van der Waals surface area contributed by atoms with Gasteiger partial charge in [-0.1, -0.05) is 90.7 Å². The van der Waals surface area contributed by atoms with Gasteiger partial charge in [0, 0.05) is 43.6 Å². The Morgan fingerprint density at radius 3 is 0.773 bits per heavy atom. The van der Waals surface area contributed by atoms with Gasteiger partial charge in [0.15, 0.2) is 0 Å². The van der Waals surface area contributed by atoms with Crippen molar-refractivity contribution in [3.05, 3.63) is 12.2 Å². The molecule has 0 saturated carbocycles. The highest BCUT2D eigenvalue weighted by molar-refractivity contribution is 8.09. The minimum Gasteiger partial charge on any atom is -0.0922 e. The summed E-state index contributed by atoms with van der Waals surface area (Å²) in [4.78, 5) is 0. The van der Waals surface area contributed by atoms with Crippen LogP contribution in [0.25, 0.3) is 0 Å². The number of hydrogen-bond donors (Lipinski definition) is 0. The summed E-state index contributed by atoms with van der Waals surface area (Å²) in [7, 11) is -4.47. The average Bonchev–Trinajstić information content (AvgIpc) is 2.22. The fraction of sp³-hybridized carbons (Fsp3) is 0.875. The normalized spacial score (nSPS) is 22.7. The molecule has 0 aromatic rings. The van der Waals surface area contributed by atoms with Crippen LogP contribution in [0.2, 0.25) is 90.7 Å². The van der Waals surface area contributed by atoms with Crippen molar-refractivity contribution in [2.45, 2.75) is 90.7 Å². The van der Waals surface area contributed by atoms with Crippen molar-refractivity contribution in [3.63, 3.8) is 0 Å². The third-order valence-electron chi connectivity index (χ3n) is 6.86. The SMILES string of the molecule is C[Si](C)(C)[Si]1([Si](C)(C)C)CC=CC[Si]1([Si](C)(C)C)[Si](C)(C)C. The summed E-state index contributed by atoms with van der Waals surface area (Å²) < 4.78 is 0. The molecule has 1 aliphatic heterocycles. The van der Waals surface area contributed by atoms with Crippen LogP contribution in [0.4, 0.5) is 0 Å². The Kier molecular flexibility index (Phi) is 5.55. The van der Waals surface area contributed by atoms with E-state index in [4.69, 9.17) is 0 Å². The standard InChI is InChI=1S/C16H42Si6/c1-17(2,3)21(18(4,5)6)15-13-14-16-22(21,19(7,8)9)20(10,11)12/h13-14H,15-16H2,1-12H3. The number of hydrogen-bond acceptors (Lipinski definition) is 0. The van der Waals surface area contributed by atoms with Crippen LogP contribution in [0.3, 0.4) is 0 Å². The summed E-state index contributed by atoms with van der Waals surface area (Å²) in [5, 5.41) is 0. The number of allylic oxidation sites excluding steroid dienone is 2. The first-order valence-corrected chi connectivity index (χ1v) is 32.5. The molecule has 1 heterocycles. The zero-order valence-electron chi connectivity index (χ0n) is 17.6. The maximum absolute atomic E-state index is 2.79. The molecule has 0 aliphatic carbocycles. The molecule has 0 fully saturated rings. The molecule has 0 saturated heterocycles. The van der Waals surface area contributed by atoms with Crippen LogP contribution in [0.1, 0.15) is 0 Å². The third-order valence-corrected chi connectivity index (χ3v) is 137. The molecule has 0 spiro atoms. The first kappa shape index (κ1) is 21.1. The lowest BCUT2D eigenvalue weighted by Crippen LogP contribution is -2.96. The highest BCUT2D eigenvalue weighted by atomic mass is 30.2. The van der Waals surface area contributed by atoms with Crippen molar-refractivity contribution in [1.82, 2.24) is 0 Å². The van der Waals surface area contributed by atoms with Crippen LogP contribution in [0, 0.1) is 0 Å². The van der Waals surface area contributed by atoms with Crippen molar-refractivity contribution in [3.8, 4) is 0 Å². The van der Waals surface area contributed by atoms with Crippen molar-refractivity contribution in [2.24, 2.45) is 0 Å². The van der Waals surface area contributed by atoms with Gasteiger partial charge in [-0.2, -0.15) is 0 Å². The van der Waals surface area contributed by atoms with E-state index in [0.29, 0.717) is 0 Å². The van der Waals surface area contributed by atoms with Crippen LogP contribution >= 0.6 is 0 Å². The second-order valence-corrected chi connectivity index (χ2v) is 76.5. The van der Waals surface area contributed by atoms with Gasteiger partial charge in [0.2, 0.25) is 0 Å². The molecule has 0 bridgehead atoms. The molecule has 0 N–H and O–H groups in total. The van der Waals surface area contributed by atoms with Crippen LogP contribution in [0.5, 0.6) is 0 Å². The van der Waals surface area contributed by atoms with Gasteiger partial charge >= 0.3 is 0 Å². The Bertz CT molecular complexity index is 369. The molecule has 130 valence electrons. The van der Waals surface area contributed by atoms with Crippen molar-refractivity contribution < 1.29 is 0 Å². The van der Waals surface area contributed by atoms with E-state index in [9.17, 15) is 0 Å².